The molecule has 0 aromatic heterocycles. The van der Waals surface area contributed by atoms with E-state index in [0.717, 1.165) is 38.1 Å². The number of rotatable bonds is 8. The quantitative estimate of drug-likeness (QED) is 0.541. The van der Waals surface area contributed by atoms with Crippen molar-refractivity contribution >= 4 is 0 Å². The van der Waals surface area contributed by atoms with Crippen molar-refractivity contribution in [1.82, 2.24) is 10.6 Å². The average Bonchev–Trinajstić information content (AvgIpc) is 2.81. The van der Waals surface area contributed by atoms with Crippen molar-refractivity contribution in [2.24, 2.45) is 11.8 Å². The van der Waals surface area contributed by atoms with Crippen LogP contribution in [0.2, 0.25) is 0 Å². The summed E-state index contributed by atoms with van der Waals surface area (Å²) < 4.78 is 4.93. The Morgan fingerprint density at radius 3 is 2.54 bits per heavy atom. The smallest absolute Gasteiger partial charge is 0.0587 e. The maximum Gasteiger partial charge on any atom is 0.0587 e. The van der Waals surface area contributed by atoms with Crippen molar-refractivity contribution in [3.05, 3.63) is 0 Å². The van der Waals surface area contributed by atoms with Crippen molar-refractivity contribution < 1.29 is 4.74 Å². The standard InChI is InChI=1S/C10H22N2O/c1-9-7-10(9)8-12-4-3-11-5-6-13-2/h9-12H,3-8H2,1-2H3. The fourth-order valence-corrected chi connectivity index (χ4v) is 1.45. The molecule has 3 nitrogen and oxygen atoms in total. The molecule has 78 valence electrons. The van der Waals surface area contributed by atoms with Crippen LogP contribution in [0.1, 0.15) is 13.3 Å². The van der Waals surface area contributed by atoms with Gasteiger partial charge in [0.1, 0.15) is 0 Å². The van der Waals surface area contributed by atoms with E-state index in [0.29, 0.717) is 0 Å². The third-order valence-electron chi connectivity index (χ3n) is 2.64. The SMILES string of the molecule is COCCNCCNCC1CC1C. The van der Waals surface area contributed by atoms with Crippen LogP contribution in [0.15, 0.2) is 0 Å². The number of methoxy groups -OCH3 is 1. The molecule has 0 amide bonds. The lowest BCUT2D eigenvalue weighted by atomic mass is 10.3. The van der Waals surface area contributed by atoms with Gasteiger partial charge in [0, 0.05) is 26.7 Å². The number of hydrogen-bond donors (Lipinski definition) is 2. The van der Waals surface area contributed by atoms with E-state index < -0.39 is 0 Å². The van der Waals surface area contributed by atoms with E-state index in [1.165, 1.54) is 13.0 Å². The first kappa shape index (κ1) is 11.0. The summed E-state index contributed by atoms with van der Waals surface area (Å²) in [4.78, 5) is 0. The van der Waals surface area contributed by atoms with E-state index in [1.807, 2.05) is 0 Å². The largest absolute Gasteiger partial charge is 0.383 e. The summed E-state index contributed by atoms with van der Waals surface area (Å²) in [5.74, 6) is 1.92. The van der Waals surface area contributed by atoms with Crippen molar-refractivity contribution in [1.29, 1.82) is 0 Å². The molecule has 0 aromatic rings. The van der Waals surface area contributed by atoms with Gasteiger partial charge in [-0.25, -0.2) is 0 Å². The Morgan fingerprint density at radius 2 is 1.92 bits per heavy atom. The van der Waals surface area contributed by atoms with Gasteiger partial charge in [0.05, 0.1) is 6.61 Å². The molecule has 1 aliphatic carbocycles. The first-order valence-electron chi connectivity index (χ1n) is 5.25. The zero-order valence-electron chi connectivity index (χ0n) is 8.81. The molecule has 0 aliphatic heterocycles. The van der Waals surface area contributed by atoms with Gasteiger partial charge in [0.15, 0.2) is 0 Å². The van der Waals surface area contributed by atoms with Crippen LogP contribution in [0.5, 0.6) is 0 Å². The molecule has 1 fully saturated rings. The molecule has 0 saturated heterocycles. The molecule has 0 bridgehead atoms. The van der Waals surface area contributed by atoms with Gasteiger partial charge in [-0.2, -0.15) is 0 Å². The van der Waals surface area contributed by atoms with Gasteiger partial charge < -0.3 is 15.4 Å². The van der Waals surface area contributed by atoms with Crippen LogP contribution in [0.3, 0.4) is 0 Å². The minimum absolute atomic E-state index is 0.805. The molecule has 0 radical (unpaired) electrons. The summed E-state index contributed by atoms with van der Waals surface area (Å²) in [6, 6.07) is 0. The van der Waals surface area contributed by atoms with Crippen molar-refractivity contribution in [3.8, 4) is 0 Å². The molecule has 0 spiro atoms. The van der Waals surface area contributed by atoms with E-state index in [-0.39, 0.29) is 0 Å². The van der Waals surface area contributed by atoms with Crippen LogP contribution in [0.25, 0.3) is 0 Å². The van der Waals surface area contributed by atoms with Gasteiger partial charge >= 0.3 is 0 Å². The maximum absolute atomic E-state index is 4.93. The van der Waals surface area contributed by atoms with E-state index in [1.54, 1.807) is 7.11 Å². The van der Waals surface area contributed by atoms with E-state index in [2.05, 4.69) is 17.6 Å². The Hall–Kier alpha value is -0.120. The Kier molecular flexibility index (Phi) is 5.35. The van der Waals surface area contributed by atoms with Crippen LogP contribution in [-0.4, -0.2) is 39.9 Å². The average molecular weight is 186 g/mol. The summed E-state index contributed by atoms with van der Waals surface area (Å²) in [5.41, 5.74) is 0. The van der Waals surface area contributed by atoms with Gasteiger partial charge in [-0.05, 0) is 24.8 Å². The van der Waals surface area contributed by atoms with Gasteiger partial charge in [-0.1, -0.05) is 6.92 Å². The first-order valence-corrected chi connectivity index (χ1v) is 5.25. The lowest BCUT2D eigenvalue weighted by Gasteiger charge is -2.05. The zero-order chi connectivity index (χ0) is 9.52. The lowest BCUT2D eigenvalue weighted by Crippen LogP contribution is -2.30. The van der Waals surface area contributed by atoms with E-state index in [9.17, 15) is 0 Å². The summed E-state index contributed by atoms with van der Waals surface area (Å²) >= 11 is 0. The zero-order valence-corrected chi connectivity index (χ0v) is 8.81. The second-order valence-electron chi connectivity index (χ2n) is 3.92. The summed E-state index contributed by atoms with van der Waals surface area (Å²) in [6.07, 6.45) is 1.42. The summed E-state index contributed by atoms with van der Waals surface area (Å²) in [7, 11) is 1.73. The molecule has 0 heterocycles. The van der Waals surface area contributed by atoms with Crippen molar-refractivity contribution in [2.45, 2.75) is 13.3 Å². The fourth-order valence-electron chi connectivity index (χ4n) is 1.45. The molecule has 1 rings (SSSR count). The molecule has 2 unspecified atom stereocenters. The van der Waals surface area contributed by atoms with E-state index in [4.69, 9.17) is 4.74 Å². The molecule has 0 aromatic carbocycles. The normalized spacial score (nSPS) is 26.3. The molecule has 2 N–H and O–H groups in total. The second kappa shape index (κ2) is 6.35. The number of nitrogens with one attached hydrogen (secondary N) is 2. The highest BCUT2D eigenvalue weighted by Gasteiger charge is 2.31. The number of ether oxygens (including phenoxy) is 1. The van der Waals surface area contributed by atoms with Gasteiger partial charge in [0.25, 0.3) is 0 Å². The molecule has 1 saturated carbocycles. The van der Waals surface area contributed by atoms with Crippen LogP contribution in [0, 0.1) is 11.8 Å². The van der Waals surface area contributed by atoms with Crippen LogP contribution in [0.4, 0.5) is 0 Å². The maximum atomic E-state index is 4.93. The van der Waals surface area contributed by atoms with Gasteiger partial charge in [-0.15, -0.1) is 0 Å². The predicted molar refractivity (Wildman–Crippen MR) is 54.9 cm³/mol. The van der Waals surface area contributed by atoms with Crippen LogP contribution < -0.4 is 10.6 Å². The Bertz CT molecular complexity index is 130. The number of hydrogen-bond acceptors (Lipinski definition) is 3. The van der Waals surface area contributed by atoms with Gasteiger partial charge in [0.2, 0.25) is 0 Å². The first-order chi connectivity index (χ1) is 6.34. The predicted octanol–water partition coefficient (Wildman–Crippen LogP) is 0.468. The Balaban J connectivity index is 1.69. The molecule has 3 heteroatoms. The highest BCUT2D eigenvalue weighted by atomic mass is 16.5. The summed E-state index contributed by atoms with van der Waals surface area (Å²) in [6.45, 7) is 7.41. The molecule has 1 aliphatic rings. The molecular weight excluding hydrogens is 164 g/mol. The van der Waals surface area contributed by atoms with Crippen LogP contribution in [-0.2, 0) is 4.74 Å². The van der Waals surface area contributed by atoms with Gasteiger partial charge in [-0.3, -0.25) is 0 Å². The lowest BCUT2D eigenvalue weighted by molar-refractivity contribution is 0.199. The van der Waals surface area contributed by atoms with Crippen LogP contribution >= 0.6 is 0 Å². The molecular formula is C10H22N2O. The third kappa shape index (κ3) is 5.24. The van der Waals surface area contributed by atoms with Crippen molar-refractivity contribution in [2.75, 3.05) is 39.9 Å². The minimum Gasteiger partial charge on any atom is -0.383 e. The molecule has 2 atom stereocenters. The fraction of sp³-hybridized carbons (Fsp3) is 1.00. The topological polar surface area (TPSA) is 33.3 Å². The monoisotopic (exact) mass is 186 g/mol. The highest BCUT2D eigenvalue weighted by molar-refractivity contribution is 4.83. The third-order valence-corrected chi connectivity index (χ3v) is 2.64. The highest BCUT2D eigenvalue weighted by Crippen LogP contribution is 2.36. The Labute approximate surface area is 81.2 Å². The Morgan fingerprint density at radius 1 is 1.23 bits per heavy atom. The summed E-state index contributed by atoms with van der Waals surface area (Å²) in [5, 5.41) is 6.76. The van der Waals surface area contributed by atoms with Crippen molar-refractivity contribution in [3.63, 3.8) is 0 Å². The second-order valence-corrected chi connectivity index (χ2v) is 3.92. The minimum atomic E-state index is 0.805. The molecule has 13 heavy (non-hydrogen) atoms. The van der Waals surface area contributed by atoms with E-state index >= 15 is 0 Å².